The van der Waals surface area contributed by atoms with Crippen LogP contribution in [0.15, 0.2) is 48.5 Å². The molecule has 2 N–H and O–H groups in total. The van der Waals surface area contributed by atoms with Gasteiger partial charge in [0.1, 0.15) is 0 Å². The van der Waals surface area contributed by atoms with Gasteiger partial charge in [0.05, 0.1) is 9.85 Å². The Kier molecular flexibility index (Phi) is 9.27. The fourth-order valence-corrected chi connectivity index (χ4v) is 3.19. The van der Waals surface area contributed by atoms with Crippen molar-refractivity contribution in [1.82, 2.24) is 4.90 Å². The minimum atomic E-state index is -0.462. The first-order valence-electron chi connectivity index (χ1n) is 10.3. The van der Waals surface area contributed by atoms with Crippen molar-refractivity contribution >= 4 is 23.2 Å². The monoisotopic (exact) mass is 442 g/mol. The summed E-state index contributed by atoms with van der Waals surface area (Å²) in [7, 11) is 0. The van der Waals surface area contributed by atoms with Crippen LogP contribution in [-0.4, -0.2) is 39.7 Å². The molecule has 0 aromatic heterocycles. The molecule has 2 amide bonds. The number of nitro groups is 2. The van der Waals surface area contributed by atoms with Crippen LogP contribution in [0.1, 0.15) is 36.8 Å². The lowest BCUT2D eigenvalue weighted by Crippen LogP contribution is -2.34. The maximum Gasteiger partial charge on any atom is 0.269 e. The van der Waals surface area contributed by atoms with Crippen molar-refractivity contribution in [1.29, 1.82) is 0 Å². The number of non-ortho nitro benzene ring substituents is 2. The Morgan fingerprint density at radius 2 is 1.16 bits per heavy atom. The van der Waals surface area contributed by atoms with Gasteiger partial charge in [-0.3, -0.25) is 29.8 Å². The lowest BCUT2D eigenvalue weighted by Gasteiger charge is -2.23. The average molecular weight is 442 g/mol. The Morgan fingerprint density at radius 3 is 1.53 bits per heavy atom. The maximum absolute atomic E-state index is 12.7. The number of benzene rings is 2. The minimum Gasteiger partial charge on any atom is -0.370 e. The Hall–Kier alpha value is -3.82. The van der Waals surface area contributed by atoms with E-state index in [1.165, 1.54) is 24.3 Å². The van der Waals surface area contributed by atoms with Crippen LogP contribution >= 0.6 is 0 Å². The normalized spacial score (nSPS) is 10.5. The highest BCUT2D eigenvalue weighted by Crippen LogP contribution is 2.15. The van der Waals surface area contributed by atoms with Gasteiger partial charge >= 0.3 is 0 Å². The quantitative estimate of drug-likeness (QED) is 0.286. The number of amides is 2. The highest BCUT2D eigenvalue weighted by Gasteiger charge is 2.15. The highest BCUT2D eigenvalue weighted by atomic mass is 16.6. The van der Waals surface area contributed by atoms with Crippen LogP contribution in [0.3, 0.4) is 0 Å². The predicted molar refractivity (Wildman–Crippen MR) is 118 cm³/mol. The van der Waals surface area contributed by atoms with Crippen LogP contribution in [-0.2, 0) is 22.4 Å². The molecule has 0 bridgehead atoms. The minimum absolute atomic E-state index is 0.00862. The topological polar surface area (TPSA) is 150 Å². The molecule has 0 saturated carbocycles. The standard InChI is InChI=1S/C22H26N4O6/c23-21(27)3-1-2-4-22(28)24(15-13-17-5-9-19(10-6-17)25(29)30)16-14-18-7-11-20(12-8-18)26(31)32/h5-12H,1-4,13-16H2,(H2,23,27). The van der Waals surface area contributed by atoms with Gasteiger partial charge in [-0.15, -0.1) is 0 Å². The molecule has 0 aliphatic carbocycles. The van der Waals surface area contributed by atoms with E-state index in [1.807, 2.05) is 0 Å². The van der Waals surface area contributed by atoms with E-state index in [9.17, 15) is 29.8 Å². The van der Waals surface area contributed by atoms with Crippen molar-refractivity contribution in [2.24, 2.45) is 5.73 Å². The van der Waals surface area contributed by atoms with E-state index in [0.29, 0.717) is 38.8 Å². The summed E-state index contributed by atoms with van der Waals surface area (Å²) < 4.78 is 0. The summed E-state index contributed by atoms with van der Waals surface area (Å²) in [6.07, 6.45) is 2.68. The van der Waals surface area contributed by atoms with Crippen LogP contribution in [0.5, 0.6) is 0 Å². The molecular weight excluding hydrogens is 416 g/mol. The van der Waals surface area contributed by atoms with E-state index in [1.54, 1.807) is 29.2 Å². The molecule has 10 heteroatoms. The molecule has 2 aromatic carbocycles. The molecule has 0 radical (unpaired) electrons. The summed E-state index contributed by atoms with van der Waals surface area (Å²) in [5.74, 6) is -0.455. The lowest BCUT2D eigenvalue weighted by atomic mass is 10.1. The van der Waals surface area contributed by atoms with Gasteiger partial charge in [-0.25, -0.2) is 0 Å². The van der Waals surface area contributed by atoms with Gasteiger partial charge in [-0.05, 0) is 36.8 Å². The number of nitrogens with zero attached hydrogens (tertiary/aromatic N) is 3. The molecule has 0 saturated heterocycles. The number of carbonyl (C=O) groups excluding carboxylic acids is 2. The Balaban J connectivity index is 1.98. The first kappa shape index (κ1) is 24.4. The zero-order valence-electron chi connectivity index (χ0n) is 17.6. The van der Waals surface area contributed by atoms with Gasteiger partial charge in [0, 0.05) is 50.2 Å². The van der Waals surface area contributed by atoms with Crippen molar-refractivity contribution in [2.45, 2.75) is 38.5 Å². The second-order valence-electron chi connectivity index (χ2n) is 7.40. The second kappa shape index (κ2) is 12.1. The molecular formula is C22H26N4O6. The number of primary amides is 1. The number of unbranched alkanes of at least 4 members (excludes halogenated alkanes) is 1. The maximum atomic E-state index is 12.7. The Labute approximate surface area is 185 Å². The fourth-order valence-electron chi connectivity index (χ4n) is 3.19. The van der Waals surface area contributed by atoms with E-state index < -0.39 is 15.8 Å². The number of hydrogen-bond acceptors (Lipinski definition) is 6. The van der Waals surface area contributed by atoms with Crippen molar-refractivity contribution in [3.05, 3.63) is 79.9 Å². The molecule has 0 atom stereocenters. The van der Waals surface area contributed by atoms with E-state index in [4.69, 9.17) is 5.73 Å². The van der Waals surface area contributed by atoms with Gasteiger partial charge < -0.3 is 10.6 Å². The highest BCUT2D eigenvalue weighted by molar-refractivity contribution is 5.76. The molecule has 10 nitrogen and oxygen atoms in total. The van der Waals surface area contributed by atoms with E-state index in [2.05, 4.69) is 0 Å². The molecule has 0 aliphatic heterocycles. The van der Waals surface area contributed by atoms with Crippen LogP contribution in [0, 0.1) is 20.2 Å². The van der Waals surface area contributed by atoms with Gasteiger partial charge in [0.15, 0.2) is 0 Å². The summed E-state index contributed by atoms with van der Waals surface area (Å²) in [5.41, 5.74) is 6.90. The Bertz CT molecular complexity index is 882. The zero-order valence-corrected chi connectivity index (χ0v) is 17.6. The summed E-state index contributed by atoms with van der Waals surface area (Å²) in [6, 6.07) is 12.4. The summed E-state index contributed by atoms with van der Waals surface area (Å²) in [5, 5.41) is 21.6. The average Bonchev–Trinajstić information content (AvgIpc) is 2.77. The smallest absolute Gasteiger partial charge is 0.269 e. The van der Waals surface area contributed by atoms with Gasteiger partial charge in [0.2, 0.25) is 11.8 Å². The first-order valence-corrected chi connectivity index (χ1v) is 10.3. The molecule has 170 valence electrons. The molecule has 0 unspecified atom stereocenters. The number of rotatable bonds is 13. The molecule has 2 rings (SSSR count). The molecule has 0 spiro atoms. The number of nitro benzene ring substituents is 2. The van der Waals surface area contributed by atoms with Crippen LogP contribution in [0.2, 0.25) is 0 Å². The number of carbonyl (C=O) groups is 2. The molecule has 0 aliphatic rings. The summed E-state index contributed by atoms with van der Waals surface area (Å²) in [4.78, 5) is 46.0. The van der Waals surface area contributed by atoms with Crippen LogP contribution in [0.4, 0.5) is 11.4 Å². The molecule has 0 fully saturated rings. The van der Waals surface area contributed by atoms with Gasteiger partial charge in [0.25, 0.3) is 11.4 Å². The van der Waals surface area contributed by atoms with Crippen molar-refractivity contribution in [3.8, 4) is 0 Å². The third-order valence-corrected chi connectivity index (χ3v) is 5.05. The van der Waals surface area contributed by atoms with Gasteiger partial charge in [-0.2, -0.15) is 0 Å². The number of hydrogen-bond donors (Lipinski definition) is 1. The van der Waals surface area contributed by atoms with E-state index in [-0.39, 0.29) is 30.1 Å². The zero-order chi connectivity index (χ0) is 23.5. The third kappa shape index (κ3) is 8.13. The van der Waals surface area contributed by atoms with Crippen molar-refractivity contribution in [2.75, 3.05) is 13.1 Å². The summed E-state index contributed by atoms with van der Waals surface area (Å²) >= 11 is 0. The first-order chi connectivity index (χ1) is 15.3. The molecule has 2 aromatic rings. The molecule has 32 heavy (non-hydrogen) atoms. The van der Waals surface area contributed by atoms with Crippen molar-refractivity contribution < 1.29 is 19.4 Å². The van der Waals surface area contributed by atoms with Gasteiger partial charge in [-0.1, -0.05) is 24.3 Å². The Morgan fingerprint density at radius 1 is 0.750 bits per heavy atom. The largest absolute Gasteiger partial charge is 0.370 e. The van der Waals surface area contributed by atoms with Crippen LogP contribution in [0.25, 0.3) is 0 Å². The van der Waals surface area contributed by atoms with Crippen LogP contribution < -0.4 is 5.73 Å². The lowest BCUT2D eigenvalue weighted by molar-refractivity contribution is -0.385. The summed E-state index contributed by atoms with van der Waals surface area (Å²) in [6.45, 7) is 0.860. The van der Waals surface area contributed by atoms with Crippen molar-refractivity contribution in [3.63, 3.8) is 0 Å². The predicted octanol–water partition coefficient (Wildman–Crippen LogP) is 3.16. The second-order valence-corrected chi connectivity index (χ2v) is 7.40. The fraction of sp³-hybridized carbons (Fsp3) is 0.364. The van der Waals surface area contributed by atoms with E-state index >= 15 is 0 Å². The third-order valence-electron chi connectivity index (χ3n) is 5.05. The molecule has 0 heterocycles. The SMILES string of the molecule is NC(=O)CCCCC(=O)N(CCc1ccc([N+](=O)[O-])cc1)CCc1ccc([N+](=O)[O-])cc1. The number of nitrogens with two attached hydrogens (primary N) is 1. The van der Waals surface area contributed by atoms with E-state index in [0.717, 1.165) is 11.1 Å².